The van der Waals surface area contributed by atoms with Gasteiger partial charge in [0.05, 0.1) is 27.7 Å². The number of nitrogens with zero attached hydrogens (tertiary/aromatic N) is 1. The van der Waals surface area contributed by atoms with E-state index in [2.05, 4.69) is 5.92 Å². The minimum Gasteiger partial charge on any atom is -0.456 e. The predicted octanol–water partition coefficient (Wildman–Crippen LogP) is 5.47. The molecule has 0 unspecified atom stereocenters. The Kier molecular flexibility index (Phi) is 7.97. The smallest absolute Gasteiger partial charge is 0.416 e. The average Bonchev–Trinajstić information content (AvgIpc) is 2.66. The van der Waals surface area contributed by atoms with Crippen LogP contribution < -0.4 is 4.74 Å². The zero-order chi connectivity index (χ0) is 22.3. The summed E-state index contributed by atoms with van der Waals surface area (Å²) in [5.74, 6) is 1.93. The summed E-state index contributed by atoms with van der Waals surface area (Å²) < 4.78 is 48.6. The number of nitro groups is 1. The van der Waals surface area contributed by atoms with Gasteiger partial charge in [-0.2, -0.15) is 13.2 Å². The molecule has 2 aromatic rings. The van der Waals surface area contributed by atoms with E-state index in [4.69, 9.17) is 27.5 Å². The van der Waals surface area contributed by atoms with Gasteiger partial charge in [-0.05, 0) is 30.3 Å². The molecule has 30 heavy (non-hydrogen) atoms. The van der Waals surface area contributed by atoms with Crippen LogP contribution in [0.5, 0.6) is 11.5 Å². The maximum atomic E-state index is 12.7. The van der Waals surface area contributed by atoms with E-state index in [9.17, 15) is 28.1 Å². The van der Waals surface area contributed by atoms with Crippen LogP contribution in [0.3, 0.4) is 0 Å². The van der Waals surface area contributed by atoms with Gasteiger partial charge in [-0.15, -0.1) is 18.2 Å². The SMILES string of the molecule is C#CCSCOC(=O)Cc1cc(Oc2ccc(C(F)(F)F)cc2Cl)ccc1[N+](=O)[O-]. The van der Waals surface area contributed by atoms with Crippen molar-refractivity contribution < 1.29 is 32.4 Å². The largest absolute Gasteiger partial charge is 0.456 e. The number of benzene rings is 2. The third-order valence-corrected chi connectivity index (χ3v) is 4.51. The van der Waals surface area contributed by atoms with Gasteiger partial charge in [-0.3, -0.25) is 14.9 Å². The Morgan fingerprint density at radius 1 is 1.27 bits per heavy atom. The molecule has 0 aliphatic heterocycles. The number of carbonyl (C=O) groups excluding carboxylic acids is 1. The van der Waals surface area contributed by atoms with E-state index in [1.165, 1.54) is 23.9 Å². The number of alkyl halides is 3. The van der Waals surface area contributed by atoms with Gasteiger partial charge >= 0.3 is 12.1 Å². The molecular weight excluding hydrogens is 447 g/mol. The summed E-state index contributed by atoms with van der Waals surface area (Å²) in [6, 6.07) is 6.10. The van der Waals surface area contributed by atoms with Crippen molar-refractivity contribution in [3.8, 4) is 23.8 Å². The van der Waals surface area contributed by atoms with Crippen LogP contribution in [0.2, 0.25) is 5.02 Å². The summed E-state index contributed by atoms with van der Waals surface area (Å²) in [6.07, 6.45) is 0.0971. The zero-order valence-electron chi connectivity index (χ0n) is 15.1. The van der Waals surface area contributed by atoms with Crippen LogP contribution >= 0.6 is 23.4 Å². The summed E-state index contributed by atoms with van der Waals surface area (Å²) in [6.45, 7) is 0. The summed E-state index contributed by atoms with van der Waals surface area (Å²) in [5.41, 5.74) is -1.28. The van der Waals surface area contributed by atoms with Crippen LogP contribution in [0.4, 0.5) is 18.9 Å². The number of hydrogen-bond acceptors (Lipinski definition) is 6. The monoisotopic (exact) mass is 459 g/mol. The fraction of sp³-hybridized carbons (Fsp3) is 0.211. The zero-order valence-corrected chi connectivity index (χ0v) is 16.6. The molecule has 0 amide bonds. The summed E-state index contributed by atoms with van der Waals surface area (Å²) in [7, 11) is 0. The van der Waals surface area contributed by atoms with E-state index >= 15 is 0 Å². The van der Waals surface area contributed by atoms with E-state index in [0.717, 1.165) is 18.2 Å². The number of thioether (sulfide) groups is 1. The summed E-state index contributed by atoms with van der Waals surface area (Å²) >= 11 is 7.03. The molecule has 11 heteroatoms. The number of nitro benzene ring substituents is 1. The van der Waals surface area contributed by atoms with Crippen LogP contribution in [-0.2, 0) is 22.1 Å². The lowest BCUT2D eigenvalue weighted by Crippen LogP contribution is -2.09. The molecule has 0 aromatic heterocycles. The molecule has 6 nitrogen and oxygen atoms in total. The lowest BCUT2D eigenvalue weighted by atomic mass is 10.1. The molecule has 0 N–H and O–H groups in total. The minimum absolute atomic E-state index is 0.00577. The van der Waals surface area contributed by atoms with Crippen LogP contribution in [0.1, 0.15) is 11.1 Å². The first-order valence-electron chi connectivity index (χ1n) is 8.10. The molecule has 0 atom stereocenters. The molecule has 0 saturated heterocycles. The number of esters is 1. The lowest BCUT2D eigenvalue weighted by Gasteiger charge is -2.12. The molecule has 0 saturated carbocycles. The lowest BCUT2D eigenvalue weighted by molar-refractivity contribution is -0.385. The third-order valence-electron chi connectivity index (χ3n) is 3.56. The van der Waals surface area contributed by atoms with Crippen molar-refractivity contribution in [1.29, 1.82) is 0 Å². The first-order chi connectivity index (χ1) is 14.1. The normalized spacial score (nSPS) is 10.9. The molecule has 0 aliphatic rings. The molecule has 0 radical (unpaired) electrons. The minimum atomic E-state index is -4.57. The van der Waals surface area contributed by atoms with Crippen LogP contribution in [-0.4, -0.2) is 22.6 Å². The number of terminal acetylenes is 1. The first kappa shape index (κ1) is 23.4. The van der Waals surface area contributed by atoms with Crippen LogP contribution in [0, 0.1) is 22.5 Å². The quantitative estimate of drug-likeness (QED) is 0.130. The number of carbonyl (C=O) groups is 1. The van der Waals surface area contributed by atoms with E-state index in [-0.39, 0.29) is 33.7 Å². The highest BCUT2D eigenvalue weighted by molar-refractivity contribution is 7.99. The first-order valence-corrected chi connectivity index (χ1v) is 9.64. The molecule has 0 heterocycles. The standard InChI is InChI=1S/C19H13ClF3NO5S/c1-2-7-30-11-28-18(25)9-12-8-14(4-5-16(12)24(26)27)29-17-6-3-13(10-15(17)20)19(21,22)23/h1,3-6,8,10H,7,9,11H2. The van der Waals surface area contributed by atoms with Gasteiger partial charge in [0.15, 0.2) is 0 Å². The van der Waals surface area contributed by atoms with E-state index in [1.54, 1.807) is 0 Å². The van der Waals surface area contributed by atoms with Gasteiger partial charge in [0.25, 0.3) is 5.69 Å². The van der Waals surface area contributed by atoms with Crippen molar-refractivity contribution in [2.75, 3.05) is 11.7 Å². The van der Waals surface area contributed by atoms with Crippen molar-refractivity contribution in [1.82, 2.24) is 0 Å². The van der Waals surface area contributed by atoms with Gasteiger partial charge < -0.3 is 9.47 Å². The molecule has 158 valence electrons. The van der Waals surface area contributed by atoms with E-state index in [1.807, 2.05) is 0 Å². The molecular formula is C19H13ClF3NO5S. The van der Waals surface area contributed by atoms with Crippen LogP contribution in [0.15, 0.2) is 36.4 Å². The van der Waals surface area contributed by atoms with Crippen molar-refractivity contribution in [2.45, 2.75) is 12.6 Å². The molecule has 0 spiro atoms. The van der Waals surface area contributed by atoms with Crippen molar-refractivity contribution in [3.05, 3.63) is 62.7 Å². The number of halogens is 4. The van der Waals surface area contributed by atoms with Gasteiger partial charge in [0.2, 0.25) is 0 Å². The Bertz CT molecular complexity index is 991. The summed E-state index contributed by atoms with van der Waals surface area (Å²) in [5, 5.41) is 10.9. The van der Waals surface area contributed by atoms with Gasteiger partial charge in [0.1, 0.15) is 17.4 Å². The molecule has 2 rings (SSSR count). The maximum Gasteiger partial charge on any atom is 0.416 e. The van der Waals surface area contributed by atoms with Gasteiger partial charge in [-0.25, -0.2) is 0 Å². The molecule has 0 bridgehead atoms. The second kappa shape index (κ2) is 10.2. The van der Waals surface area contributed by atoms with Crippen molar-refractivity contribution in [2.24, 2.45) is 0 Å². The van der Waals surface area contributed by atoms with E-state index < -0.39 is 29.1 Å². The molecule has 0 aliphatic carbocycles. The highest BCUT2D eigenvalue weighted by Gasteiger charge is 2.31. The van der Waals surface area contributed by atoms with E-state index in [0.29, 0.717) is 11.8 Å². The maximum absolute atomic E-state index is 12.7. The number of rotatable bonds is 8. The second-order valence-electron chi connectivity index (χ2n) is 5.66. The highest BCUT2D eigenvalue weighted by atomic mass is 35.5. The van der Waals surface area contributed by atoms with Crippen LogP contribution in [0.25, 0.3) is 0 Å². The Morgan fingerprint density at radius 2 is 2.00 bits per heavy atom. The fourth-order valence-corrected chi connectivity index (χ4v) is 2.88. The Balaban J connectivity index is 2.20. The van der Waals surface area contributed by atoms with Crippen molar-refractivity contribution >= 4 is 35.0 Å². The second-order valence-corrected chi connectivity index (χ2v) is 7.00. The Hall–Kier alpha value is -2.90. The number of hydrogen-bond donors (Lipinski definition) is 0. The highest BCUT2D eigenvalue weighted by Crippen LogP contribution is 2.37. The van der Waals surface area contributed by atoms with Gasteiger partial charge in [-0.1, -0.05) is 17.5 Å². The Labute approximate surface area is 178 Å². The van der Waals surface area contributed by atoms with Crippen molar-refractivity contribution in [3.63, 3.8) is 0 Å². The molecule has 2 aromatic carbocycles. The Morgan fingerprint density at radius 3 is 2.60 bits per heavy atom. The third kappa shape index (κ3) is 6.57. The topological polar surface area (TPSA) is 78.7 Å². The fourth-order valence-electron chi connectivity index (χ4n) is 2.25. The van der Waals surface area contributed by atoms with Gasteiger partial charge in [0, 0.05) is 11.6 Å². The molecule has 0 fully saturated rings. The predicted molar refractivity (Wildman–Crippen MR) is 106 cm³/mol. The summed E-state index contributed by atoms with van der Waals surface area (Å²) in [4.78, 5) is 22.5. The average molecular weight is 460 g/mol. The number of ether oxygens (including phenoxy) is 2.